The molecule has 1 aromatic carbocycles. The second kappa shape index (κ2) is 6.23. The summed E-state index contributed by atoms with van der Waals surface area (Å²) in [5.41, 5.74) is 1.16. The van der Waals surface area contributed by atoms with Crippen molar-refractivity contribution in [2.24, 2.45) is 5.29 Å². The minimum absolute atomic E-state index is 0.0630. The van der Waals surface area contributed by atoms with Crippen LogP contribution in [-0.4, -0.2) is 45.7 Å². The van der Waals surface area contributed by atoms with E-state index in [1.54, 1.807) is 0 Å². The van der Waals surface area contributed by atoms with Crippen LogP contribution < -0.4 is 4.90 Å². The number of imidazole rings is 1. The number of hydrogen-bond donors (Lipinski definition) is 0. The van der Waals surface area contributed by atoms with Crippen LogP contribution in [0.1, 0.15) is 19.9 Å². The zero-order valence-electron chi connectivity index (χ0n) is 13.3. The molecule has 2 aromatic rings. The minimum Gasteiger partial charge on any atom is -0.339 e. The molecule has 3 rings (SSSR count). The fourth-order valence-corrected chi connectivity index (χ4v) is 3.17. The molecular weight excluding hydrogens is 336 g/mol. The van der Waals surface area contributed by atoms with E-state index >= 15 is 0 Å². The summed E-state index contributed by atoms with van der Waals surface area (Å²) in [6.45, 7) is 6.25. The number of benzene rings is 1. The SMILES string of the molecule is CC(C)n1c(N2CCN(N=O)CC2)nc2cc(Cl)c([N+](=O)[O-])cc21. The van der Waals surface area contributed by atoms with Crippen LogP contribution in [0.3, 0.4) is 0 Å². The molecule has 1 aliphatic heterocycles. The molecule has 0 bridgehead atoms. The lowest BCUT2D eigenvalue weighted by molar-refractivity contribution is -0.384. The van der Waals surface area contributed by atoms with Crippen molar-refractivity contribution in [2.45, 2.75) is 19.9 Å². The number of halogens is 1. The van der Waals surface area contributed by atoms with E-state index in [2.05, 4.69) is 15.2 Å². The molecule has 1 aromatic heterocycles. The molecule has 1 fully saturated rings. The number of aromatic nitrogens is 2. The number of hydrogen-bond acceptors (Lipinski definition) is 6. The number of nitrogens with zero attached hydrogens (tertiary/aromatic N) is 6. The van der Waals surface area contributed by atoms with E-state index in [0.29, 0.717) is 37.2 Å². The highest BCUT2D eigenvalue weighted by Crippen LogP contribution is 2.34. The highest BCUT2D eigenvalue weighted by atomic mass is 35.5. The van der Waals surface area contributed by atoms with Crippen LogP contribution in [0.2, 0.25) is 5.02 Å². The standard InChI is InChI=1S/C14H17ClN6O3/c1-9(2)20-13-8-12(21(23)24)10(15)7-11(13)16-14(20)18-3-5-19(17-22)6-4-18/h7-9H,3-6H2,1-2H3. The van der Waals surface area contributed by atoms with Crippen LogP contribution in [-0.2, 0) is 0 Å². The number of fused-ring (bicyclic) bond motifs is 1. The number of piperazine rings is 1. The molecule has 0 saturated carbocycles. The van der Waals surface area contributed by atoms with Crippen LogP contribution in [0.25, 0.3) is 11.0 Å². The zero-order chi connectivity index (χ0) is 17.4. The molecule has 0 unspecified atom stereocenters. The van der Waals surface area contributed by atoms with Gasteiger partial charge in [0.15, 0.2) is 0 Å². The Balaban J connectivity index is 2.09. The molecule has 10 heteroatoms. The maximum atomic E-state index is 11.2. The normalized spacial score (nSPS) is 15.3. The van der Waals surface area contributed by atoms with Gasteiger partial charge in [0.25, 0.3) is 5.69 Å². The summed E-state index contributed by atoms with van der Waals surface area (Å²) >= 11 is 6.00. The fourth-order valence-electron chi connectivity index (χ4n) is 2.94. The Bertz CT molecular complexity index is 797. The lowest BCUT2D eigenvalue weighted by Crippen LogP contribution is -2.45. The molecule has 1 aliphatic rings. The fraction of sp³-hybridized carbons (Fsp3) is 0.500. The van der Waals surface area contributed by atoms with E-state index in [4.69, 9.17) is 11.6 Å². The van der Waals surface area contributed by atoms with Gasteiger partial charge in [0.2, 0.25) is 5.95 Å². The number of nitro groups is 1. The minimum atomic E-state index is -0.492. The van der Waals surface area contributed by atoms with Gasteiger partial charge in [-0.15, -0.1) is 4.91 Å². The Labute approximate surface area is 142 Å². The van der Waals surface area contributed by atoms with Crippen molar-refractivity contribution in [3.63, 3.8) is 0 Å². The maximum Gasteiger partial charge on any atom is 0.290 e. The summed E-state index contributed by atoms with van der Waals surface area (Å²) in [6, 6.07) is 3.06. The number of rotatable bonds is 4. The second-order valence-electron chi connectivity index (χ2n) is 5.95. The first-order valence-electron chi connectivity index (χ1n) is 7.61. The van der Waals surface area contributed by atoms with Gasteiger partial charge in [0, 0.05) is 25.2 Å². The average molecular weight is 353 g/mol. The second-order valence-corrected chi connectivity index (χ2v) is 6.35. The van der Waals surface area contributed by atoms with Gasteiger partial charge in [-0.25, -0.2) is 4.98 Å². The van der Waals surface area contributed by atoms with Crippen LogP contribution in [0.15, 0.2) is 17.4 Å². The van der Waals surface area contributed by atoms with Crippen LogP contribution in [0.4, 0.5) is 11.6 Å². The quantitative estimate of drug-likeness (QED) is 0.476. The molecule has 2 heterocycles. The van der Waals surface area contributed by atoms with Crippen molar-refractivity contribution in [2.75, 3.05) is 31.1 Å². The summed E-state index contributed by atoms with van der Waals surface area (Å²) in [7, 11) is 0. The van der Waals surface area contributed by atoms with Gasteiger partial charge in [-0.05, 0) is 19.9 Å². The van der Waals surface area contributed by atoms with Crippen LogP contribution in [0.5, 0.6) is 0 Å². The van der Waals surface area contributed by atoms with Crippen molar-refractivity contribution < 1.29 is 4.92 Å². The van der Waals surface area contributed by atoms with Crippen molar-refractivity contribution >= 4 is 34.3 Å². The summed E-state index contributed by atoms with van der Waals surface area (Å²) in [6.07, 6.45) is 0. The lowest BCUT2D eigenvalue weighted by atomic mass is 10.2. The molecule has 0 radical (unpaired) electrons. The number of nitro benzene ring substituents is 1. The van der Waals surface area contributed by atoms with Gasteiger partial charge >= 0.3 is 0 Å². The molecule has 0 N–H and O–H groups in total. The van der Waals surface area contributed by atoms with Crippen molar-refractivity contribution in [3.05, 3.63) is 32.2 Å². The zero-order valence-corrected chi connectivity index (χ0v) is 14.1. The lowest BCUT2D eigenvalue weighted by Gasteiger charge is -2.32. The van der Waals surface area contributed by atoms with E-state index in [-0.39, 0.29) is 16.8 Å². The van der Waals surface area contributed by atoms with E-state index in [0.717, 1.165) is 5.95 Å². The van der Waals surface area contributed by atoms with Crippen molar-refractivity contribution in [3.8, 4) is 0 Å². The van der Waals surface area contributed by atoms with E-state index in [9.17, 15) is 15.0 Å². The van der Waals surface area contributed by atoms with E-state index < -0.39 is 4.92 Å². The number of nitroso groups, excluding NO2 is 1. The first-order valence-corrected chi connectivity index (χ1v) is 7.99. The third-order valence-corrected chi connectivity index (χ3v) is 4.41. The molecule has 0 spiro atoms. The average Bonchev–Trinajstić information content (AvgIpc) is 2.92. The summed E-state index contributed by atoms with van der Waals surface area (Å²) in [5, 5.41) is 15.7. The molecule has 1 saturated heterocycles. The predicted molar refractivity (Wildman–Crippen MR) is 91.4 cm³/mol. The van der Waals surface area contributed by atoms with Gasteiger partial charge in [-0.2, -0.15) is 0 Å². The van der Waals surface area contributed by atoms with Gasteiger partial charge in [0.1, 0.15) is 5.02 Å². The van der Waals surface area contributed by atoms with E-state index in [1.807, 2.05) is 18.4 Å². The predicted octanol–water partition coefficient (Wildman–Crippen LogP) is 2.98. The smallest absolute Gasteiger partial charge is 0.290 e. The first kappa shape index (κ1) is 16.4. The highest BCUT2D eigenvalue weighted by molar-refractivity contribution is 6.33. The largest absolute Gasteiger partial charge is 0.339 e. The molecule has 9 nitrogen and oxygen atoms in total. The van der Waals surface area contributed by atoms with Crippen LogP contribution in [0, 0.1) is 15.0 Å². The van der Waals surface area contributed by atoms with Gasteiger partial charge in [-0.1, -0.05) is 11.6 Å². The van der Waals surface area contributed by atoms with Gasteiger partial charge in [0.05, 0.1) is 34.3 Å². The Hall–Kier alpha value is -2.42. The molecule has 0 aliphatic carbocycles. The number of anilines is 1. The van der Waals surface area contributed by atoms with Crippen molar-refractivity contribution in [1.29, 1.82) is 0 Å². The van der Waals surface area contributed by atoms with E-state index in [1.165, 1.54) is 17.1 Å². The Morgan fingerprint density at radius 1 is 1.29 bits per heavy atom. The summed E-state index contributed by atoms with van der Waals surface area (Å²) in [4.78, 5) is 28.0. The summed E-state index contributed by atoms with van der Waals surface area (Å²) < 4.78 is 1.96. The van der Waals surface area contributed by atoms with Gasteiger partial charge in [-0.3, -0.25) is 15.1 Å². The van der Waals surface area contributed by atoms with Crippen LogP contribution >= 0.6 is 11.6 Å². The molecular formula is C14H17ClN6O3. The Morgan fingerprint density at radius 2 is 1.96 bits per heavy atom. The monoisotopic (exact) mass is 352 g/mol. The summed E-state index contributed by atoms with van der Waals surface area (Å²) in [5.74, 6) is 0.724. The Morgan fingerprint density at radius 3 is 2.50 bits per heavy atom. The Kier molecular flexibility index (Phi) is 4.27. The van der Waals surface area contributed by atoms with Gasteiger partial charge < -0.3 is 9.47 Å². The molecule has 0 atom stereocenters. The third kappa shape index (κ3) is 2.75. The highest BCUT2D eigenvalue weighted by Gasteiger charge is 2.25. The van der Waals surface area contributed by atoms with Crippen molar-refractivity contribution in [1.82, 2.24) is 14.6 Å². The first-order chi connectivity index (χ1) is 11.4. The maximum absolute atomic E-state index is 11.2. The molecule has 128 valence electrons. The third-order valence-electron chi connectivity index (χ3n) is 4.11. The topological polar surface area (TPSA) is 96.9 Å². The molecule has 0 amide bonds. The molecule has 24 heavy (non-hydrogen) atoms.